The predicted molar refractivity (Wildman–Crippen MR) is 56.9 cm³/mol. The number of ether oxygens (including phenoxy) is 2. The van der Waals surface area contributed by atoms with Gasteiger partial charge in [-0.15, -0.1) is 0 Å². The van der Waals surface area contributed by atoms with E-state index in [-0.39, 0.29) is 17.9 Å². The van der Waals surface area contributed by atoms with Crippen molar-refractivity contribution in [3.63, 3.8) is 0 Å². The van der Waals surface area contributed by atoms with Crippen LogP contribution in [-0.4, -0.2) is 45.8 Å². The van der Waals surface area contributed by atoms with Crippen LogP contribution in [0.15, 0.2) is 0 Å². The summed E-state index contributed by atoms with van der Waals surface area (Å²) in [5, 5.41) is 0. The Morgan fingerprint density at radius 2 is 1.81 bits per heavy atom. The molecule has 1 heterocycles. The van der Waals surface area contributed by atoms with Crippen LogP contribution in [0.2, 0.25) is 0 Å². The van der Waals surface area contributed by atoms with E-state index in [9.17, 15) is 9.59 Å². The molecule has 0 aromatic carbocycles. The molecule has 0 aromatic rings. The molecule has 92 valence electrons. The number of piperidine rings is 1. The molecule has 1 rings (SSSR count). The first kappa shape index (κ1) is 13.0. The Labute approximate surface area is 95.7 Å². The topological polar surface area (TPSA) is 57.0 Å². The van der Waals surface area contributed by atoms with E-state index in [0.29, 0.717) is 6.42 Å². The normalized spacial score (nSPS) is 24.9. The Bertz CT molecular complexity index is 246. The number of likely N-dealkylation sites (tertiary alicyclic amines) is 1. The van der Waals surface area contributed by atoms with E-state index < -0.39 is 0 Å². The molecule has 5 heteroatoms. The Balaban J connectivity index is 2.22. The summed E-state index contributed by atoms with van der Waals surface area (Å²) in [7, 11) is 2.83. The number of carbonyl (C=O) groups is 2. The van der Waals surface area contributed by atoms with Crippen molar-refractivity contribution in [1.29, 1.82) is 0 Å². The van der Waals surface area contributed by atoms with Crippen LogP contribution in [0.3, 0.4) is 0 Å². The van der Waals surface area contributed by atoms with Gasteiger partial charge in [0.15, 0.2) is 0 Å². The molecular formula is C11H20NO4+. The zero-order valence-electron chi connectivity index (χ0n) is 9.95. The molecule has 16 heavy (non-hydrogen) atoms. The van der Waals surface area contributed by atoms with Gasteiger partial charge in [-0.1, -0.05) is 0 Å². The lowest BCUT2D eigenvalue weighted by atomic mass is 9.97. The summed E-state index contributed by atoms with van der Waals surface area (Å²) in [5.74, 6) is -0.221. The summed E-state index contributed by atoms with van der Waals surface area (Å²) in [6.45, 7) is 2.65. The lowest BCUT2D eigenvalue weighted by Crippen LogP contribution is -3.13. The number of carbonyl (C=O) groups excluding carboxylic acids is 2. The predicted octanol–water partition coefficient (Wildman–Crippen LogP) is -0.983. The minimum Gasteiger partial charge on any atom is -0.469 e. The van der Waals surface area contributed by atoms with Crippen molar-refractivity contribution in [2.75, 3.05) is 33.9 Å². The molecule has 0 amide bonds. The van der Waals surface area contributed by atoms with E-state index in [1.807, 2.05) is 0 Å². The minimum absolute atomic E-state index is 0.0480. The molecule has 0 radical (unpaired) electrons. The van der Waals surface area contributed by atoms with Gasteiger partial charge < -0.3 is 14.4 Å². The van der Waals surface area contributed by atoms with Crippen LogP contribution in [0.5, 0.6) is 0 Å². The van der Waals surface area contributed by atoms with Crippen LogP contribution >= 0.6 is 0 Å². The molecule has 0 atom stereocenters. The van der Waals surface area contributed by atoms with E-state index in [4.69, 9.17) is 4.74 Å². The highest BCUT2D eigenvalue weighted by molar-refractivity contribution is 5.72. The van der Waals surface area contributed by atoms with Crippen LogP contribution in [0.4, 0.5) is 0 Å². The molecule has 1 aliphatic rings. The van der Waals surface area contributed by atoms with Gasteiger partial charge in [-0.2, -0.15) is 0 Å². The van der Waals surface area contributed by atoms with Crippen molar-refractivity contribution in [1.82, 2.24) is 0 Å². The Kier molecular flexibility index (Phi) is 5.25. The Morgan fingerprint density at radius 1 is 1.19 bits per heavy atom. The van der Waals surface area contributed by atoms with Gasteiger partial charge in [0.2, 0.25) is 0 Å². The highest BCUT2D eigenvalue weighted by Gasteiger charge is 2.28. The lowest BCUT2D eigenvalue weighted by Gasteiger charge is -2.27. The number of rotatable bonds is 4. The van der Waals surface area contributed by atoms with Gasteiger partial charge in [-0.3, -0.25) is 9.59 Å². The maximum absolute atomic E-state index is 11.3. The molecule has 1 saturated heterocycles. The molecule has 1 N–H and O–H groups in total. The summed E-state index contributed by atoms with van der Waals surface area (Å²) >= 11 is 0. The van der Waals surface area contributed by atoms with Crippen LogP contribution in [0.25, 0.3) is 0 Å². The zero-order valence-corrected chi connectivity index (χ0v) is 9.95. The van der Waals surface area contributed by atoms with Crippen molar-refractivity contribution in [3.05, 3.63) is 0 Å². The number of hydrogen-bond donors (Lipinski definition) is 1. The van der Waals surface area contributed by atoms with Gasteiger partial charge in [0.05, 0.1) is 46.2 Å². The third kappa shape index (κ3) is 3.81. The van der Waals surface area contributed by atoms with Crippen LogP contribution < -0.4 is 4.90 Å². The fraction of sp³-hybridized carbons (Fsp3) is 0.818. The maximum Gasteiger partial charge on any atom is 0.311 e. The summed E-state index contributed by atoms with van der Waals surface area (Å²) in [6, 6.07) is 0. The average Bonchev–Trinajstić information content (AvgIpc) is 2.35. The third-order valence-electron chi connectivity index (χ3n) is 3.14. The van der Waals surface area contributed by atoms with Crippen molar-refractivity contribution < 1.29 is 24.0 Å². The van der Waals surface area contributed by atoms with E-state index >= 15 is 0 Å². The number of hydrogen-bond acceptors (Lipinski definition) is 4. The number of quaternary nitrogens is 1. The Hall–Kier alpha value is -1.10. The SMILES string of the molecule is COC(=O)CC[NH+]1CCC(C(=O)OC)CC1. The quantitative estimate of drug-likeness (QED) is 0.631. The largest absolute Gasteiger partial charge is 0.469 e. The average molecular weight is 230 g/mol. The molecule has 0 unspecified atom stereocenters. The Morgan fingerprint density at radius 3 is 2.31 bits per heavy atom. The first-order chi connectivity index (χ1) is 7.67. The summed E-state index contributed by atoms with van der Waals surface area (Å²) in [5.41, 5.74) is 0. The molecule has 0 aromatic heterocycles. The summed E-state index contributed by atoms with van der Waals surface area (Å²) in [4.78, 5) is 23.6. The van der Waals surface area contributed by atoms with Crippen LogP contribution in [-0.2, 0) is 19.1 Å². The van der Waals surface area contributed by atoms with Gasteiger partial charge >= 0.3 is 11.9 Å². The third-order valence-corrected chi connectivity index (χ3v) is 3.14. The summed E-state index contributed by atoms with van der Waals surface area (Å²) < 4.78 is 9.31. The first-order valence-corrected chi connectivity index (χ1v) is 5.65. The minimum atomic E-state index is -0.164. The number of nitrogens with one attached hydrogen (secondary N) is 1. The van der Waals surface area contributed by atoms with Gasteiger partial charge in [-0.05, 0) is 0 Å². The van der Waals surface area contributed by atoms with Crippen molar-refractivity contribution >= 4 is 11.9 Å². The van der Waals surface area contributed by atoms with E-state index in [2.05, 4.69) is 4.74 Å². The molecule has 0 bridgehead atoms. The molecule has 1 aliphatic heterocycles. The number of esters is 2. The van der Waals surface area contributed by atoms with Gasteiger partial charge in [0, 0.05) is 12.8 Å². The standard InChI is InChI=1S/C11H19NO4/c1-15-10(13)5-8-12-6-3-9(4-7-12)11(14)16-2/h9H,3-8H2,1-2H3/p+1. The van der Waals surface area contributed by atoms with E-state index in [0.717, 1.165) is 32.5 Å². The molecule has 1 fully saturated rings. The monoisotopic (exact) mass is 230 g/mol. The second-order valence-electron chi connectivity index (χ2n) is 4.12. The molecule has 0 saturated carbocycles. The molecule has 0 spiro atoms. The molecule has 5 nitrogen and oxygen atoms in total. The van der Waals surface area contributed by atoms with E-state index in [1.54, 1.807) is 0 Å². The molecule has 0 aliphatic carbocycles. The smallest absolute Gasteiger partial charge is 0.311 e. The highest BCUT2D eigenvalue weighted by Crippen LogP contribution is 2.10. The van der Waals surface area contributed by atoms with Crippen molar-refractivity contribution in [2.45, 2.75) is 19.3 Å². The summed E-state index contributed by atoms with van der Waals surface area (Å²) in [6.07, 6.45) is 2.15. The van der Waals surface area contributed by atoms with Crippen molar-refractivity contribution in [2.24, 2.45) is 5.92 Å². The van der Waals surface area contributed by atoms with Crippen molar-refractivity contribution in [3.8, 4) is 0 Å². The zero-order chi connectivity index (χ0) is 12.0. The fourth-order valence-corrected chi connectivity index (χ4v) is 2.06. The second-order valence-corrected chi connectivity index (χ2v) is 4.12. The van der Waals surface area contributed by atoms with Crippen LogP contribution in [0, 0.1) is 5.92 Å². The van der Waals surface area contributed by atoms with Gasteiger partial charge in [0.1, 0.15) is 0 Å². The number of methoxy groups -OCH3 is 2. The highest BCUT2D eigenvalue weighted by atomic mass is 16.5. The van der Waals surface area contributed by atoms with Gasteiger partial charge in [-0.25, -0.2) is 0 Å². The maximum atomic E-state index is 11.3. The first-order valence-electron chi connectivity index (χ1n) is 5.65. The fourth-order valence-electron chi connectivity index (χ4n) is 2.06. The molecular weight excluding hydrogens is 210 g/mol. The van der Waals surface area contributed by atoms with Gasteiger partial charge in [0.25, 0.3) is 0 Å². The lowest BCUT2D eigenvalue weighted by molar-refractivity contribution is -0.905. The van der Waals surface area contributed by atoms with Crippen LogP contribution in [0.1, 0.15) is 19.3 Å². The second kappa shape index (κ2) is 6.48. The van der Waals surface area contributed by atoms with E-state index in [1.165, 1.54) is 19.1 Å².